The van der Waals surface area contributed by atoms with Crippen molar-refractivity contribution < 1.29 is 19.1 Å². The highest BCUT2D eigenvalue weighted by Crippen LogP contribution is 2.25. The molecule has 1 unspecified atom stereocenters. The Morgan fingerprint density at radius 1 is 1.07 bits per heavy atom. The second kappa shape index (κ2) is 9.09. The van der Waals surface area contributed by atoms with Crippen LogP contribution in [0.1, 0.15) is 40.7 Å². The summed E-state index contributed by atoms with van der Waals surface area (Å²) in [6, 6.07) is 13.1. The van der Waals surface area contributed by atoms with E-state index in [4.69, 9.17) is 9.47 Å². The molecule has 1 atom stereocenters. The number of benzene rings is 2. The van der Waals surface area contributed by atoms with E-state index in [2.05, 4.69) is 22.8 Å². The van der Waals surface area contributed by atoms with Gasteiger partial charge in [-0.25, -0.2) is 0 Å². The van der Waals surface area contributed by atoms with E-state index in [9.17, 15) is 9.59 Å². The fourth-order valence-corrected chi connectivity index (χ4v) is 3.82. The topological polar surface area (TPSA) is 76.7 Å². The largest absolute Gasteiger partial charge is 0.492 e. The van der Waals surface area contributed by atoms with Gasteiger partial charge in [0.05, 0.1) is 6.54 Å². The van der Waals surface area contributed by atoms with Crippen molar-refractivity contribution in [2.45, 2.75) is 38.2 Å². The third-order valence-corrected chi connectivity index (χ3v) is 5.34. The Morgan fingerprint density at radius 3 is 2.83 bits per heavy atom. The maximum atomic E-state index is 12.4. The van der Waals surface area contributed by atoms with Crippen molar-refractivity contribution in [2.24, 2.45) is 0 Å². The lowest BCUT2D eigenvalue weighted by molar-refractivity contribution is -0.124. The molecule has 0 saturated carbocycles. The number of carbonyl (C=O) groups is 2. The number of hydrogen-bond acceptors (Lipinski definition) is 4. The van der Waals surface area contributed by atoms with Crippen molar-refractivity contribution in [3.05, 3.63) is 59.2 Å². The number of rotatable bonds is 7. The minimum atomic E-state index is -0.399. The van der Waals surface area contributed by atoms with Crippen LogP contribution in [-0.4, -0.2) is 37.7 Å². The van der Waals surface area contributed by atoms with Crippen LogP contribution in [0.3, 0.4) is 0 Å². The summed E-state index contributed by atoms with van der Waals surface area (Å²) >= 11 is 0. The van der Waals surface area contributed by atoms with Crippen LogP contribution >= 0.6 is 0 Å². The molecular formula is C23H26N2O4. The molecule has 152 valence electrons. The van der Waals surface area contributed by atoms with Crippen molar-refractivity contribution in [3.63, 3.8) is 0 Å². The molecule has 1 aliphatic heterocycles. The average Bonchev–Trinajstić information content (AvgIpc) is 3.42. The lowest BCUT2D eigenvalue weighted by atomic mass is 10.1. The first kappa shape index (κ1) is 19.5. The summed E-state index contributed by atoms with van der Waals surface area (Å²) in [5.41, 5.74) is 3.87. The molecule has 2 aliphatic rings. The molecule has 1 aliphatic carbocycles. The van der Waals surface area contributed by atoms with E-state index in [0.717, 1.165) is 31.4 Å². The zero-order valence-electron chi connectivity index (χ0n) is 16.4. The summed E-state index contributed by atoms with van der Waals surface area (Å²) in [4.78, 5) is 24.6. The van der Waals surface area contributed by atoms with Crippen LogP contribution in [0.5, 0.6) is 5.75 Å². The van der Waals surface area contributed by atoms with Crippen molar-refractivity contribution >= 4 is 17.5 Å². The second-order valence-electron chi connectivity index (χ2n) is 7.46. The molecule has 2 N–H and O–H groups in total. The quantitative estimate of drug-likeness (QED) is 0.708. The highest BCUT2D eigenvalue weighted by atomic mass is 16.5. The van der Waals surface area contributed by atoms with Crippen LogP contribution in [-0.2, 0) is 22.4 Å². The number of carbonyl (C=O) groups excluding carboxylic acids is 2. The van der Waals surface area contributed by atoms with Gasteiger partial charge in [-0.2, -0.15) is 0 Å². The van der Waals surface area contributed by atoms with Gasteiger partial charge in [0.15, 0.2) is 0 Å². The normalized spacial score (nSPS) is 17.6. The predicted molar refractivity (Wildman–Crippen MR) is 110 cm³/mol. The molecule has 1 heterocycles. The van der Waals surface area contributed by atoms with Crippen LogP contribution in [0.4, 0.5) is 5.69 Å². The van der Waals surface area contributed by atoms with Gasteiger partial charge in [-0.15, -0.1) is 0 Å². The van der Waals surface area contributed by atoms with Gasteiger partial charge in [0, 0.05) is 17.9 Å². The van der Waals surface area contributed by atoms with Gasteiger partial charge < -0.3 is 20.1 Å². The SMILES string of the molecule is O=C(NCCOc1ccc2c(c1)CCC2)c1cccc(NC(=O)C2CCCO2)c1. The van der Waals surface area contributed by atoms with Gasteiger partial charge in [0.25, 0.3) is 11.8 Å². The van der Waals surface area contributed by atoms with E-state index >= 15 is 0 Å². The minimum absolute atomic E-state index is 0.164. The van der Waals surface area contributed by atoms with Crippen LogP contribution in [0.15, 0.2) is 42.5 Å². The molecule has 1 fully saturated rings. The number of hydrogen-bond donors (Lipinski definition) is 2. The number of amides is 2. The highest BCUT2D eigenvalue weighted by molar-refractivity contribution is 5.98. The zero-order chi connectivity index (χ0) is 20.1. The fraction of sp³-hybridized carbons (Fsp3) is 0.391. The summed E-state index contributed by atoms with van der Waals surface area (Å²) in [7, 11) is 0. The van der Waals surface area contributed by atoms with E-state index in [1.54, 1.807) is 24.3 Å². The number of anilines is 1. The molecule has 6 nitrogen and oxygen atoms in total. The first-order valence-electron chi connectivity index (χ1n) is 10.2. The maximum absolute atomic E-state index is 12.4. The van der Waals surface area contributed by atoms with Gasteiger partial charge in [-0.3, -0.25) is 9.59 Å². The molecule has 0 bridgehead atoms. The van der Waals surface area contributed by atoms with Crippen molar-refractivity contribution in [3.8, 4) is 5.75 Å². The Kier molecular flexibility index (Phi) is 6.10. The smallest absolute Gasteiger partial charge is 0.253 e. The van der Waals surface area contributed by atoms with E-state index < -0.39 is 6.10 Å². The number of ether oxygens (including phenoxy) is 2. The first-order valence-corrected chi connectivity index (χ1v) is 10.2. The molecule has 0 aromatic heterocycles. The molecule has 2 aromatic carbocycles. The van der Waals surface area contributed by atoms with Crippen LogP contribution in [0.25, 0.3) is 0 Å². The summed E-state index contributed by atoms with van der Waals surface area (Å²) in [5.74, 6) is 0.484. The molecule has 29 heavy (non-hydrogen) atoms. The average molecular weight is 394 g/mol. The number of nitrogens with one attached hydrogen (secondary N) is 2. The second-order valence-corrected chi connectivity index (χ2v) is 7.46. The Labute approximate surface area is 170 Å². The molecule has 2 aromatic rings. The first-order chi connectivity index (χ1) is 14.2. The monoisotopic (exact) mass is 394 g/mol. The lowest BCUT2D eigenvalue weighted by Gasteiger charge is -2.12. The van der Waals surface area contributed by atoms with E-state index in [-0.39, 0.29) is 11.8 Å². The van der Waals surface area contributed by atoms with Crippen molar-refractivity contribution in [1.82, 2.24) is 5.32 Å². The molecule has 1 saturated heterocycles. The predicted octanol–water partition coefficient (Wildman–Crippen LogP) is 3.10. The number of fused-ring (bicyclic) bond motifs is 1. The maximum Gasteiger partial charge on any atom is 0.253 e. The molecule has 6 heteroatoms. The molecule has 4 rings (SSSR count). The van der Waals surface area contributed by atoms with E-state index in [0.29, 0.717) is 31.0 Å². The zero-order valence-corrected chi connectivity index (χ0v) is 16.4. The third-order valence-electron chi connectivity index (χ3n) is 5.34. The molecule has 2 amide bonds. The molecule has 0 radical (unpaired) electrons. The van der Waals surface area contributed by atoms with E-state index in [1.807, 2.05) is 6.07 Å². The molecule has 0 spiro atoms. The van der Waals surface area contributed by atoms with Gasteiger partial charge in [-0.1, -0.05) is 12.1 Å². The van der Waals surface area contributed by atoms with Crippen molar-refractivity contribution in [1.29, 1.82) is 0 Å². The summed E-state index contributed by atoms with van der Waals surface area (Å²) in [5, 5.41) is 5.68. The van der Waals surface area contributed by atoms with Crippen molar-refractivity contribution in [2.75, 3.05) is 25.1 Å². The van der Waals surface area contributed by atoms with Crippen LogP contribution < -0.4 is 15.4 Å². The fourth-order valence-electron chi connectivity index (χ4n) is 3.82. The van der Waals surface area contributed by atoms with Crippen LogP contribution in [0.2, 0.25) is 0 Å². The Balaban J connectivity index is 1.24. The summed E-state index contributed by atoms with van der Waals surface area (Å²) < 4.78 is 11.2. The van der Waals surface area contributed by atoms with Gasteiger partial charge in [0.2, 0.25) is 0 Å². The Morgan fingerprint density at radius 2 is 1.97 bits per heavy atom. The van der Waals surface area contributed by atoms with E-state index in [1.165, 1.54) is 17.5 Å². The van der Waals surface area contributed by atoms with Gasteiger partial charge in [0.1, 0.15) is 18.5 Å². The standard InChI is InChI=1S/C23H26N2O4/c26-22(24-11-13-28-20-10-9-16-4-1-5-17(16)15-20)18-6-2-7-19(14-18)25-23(27)21-8-3-12-29-21/h2,6-7,9-10,14-15,21H,1,3-5,8,11-13H2,(H,24,26)(H,25,27). The number of aryl methyl sites for hydroxylation is 2. The van der Waals surface area contributed by atoms with Gasteiger partial charge in [-0.05, 0) is 73.6 Å². The third kappa shape index (κ3) is 4.95. The Hall–Kier alpha value is -2.86. The summed E-state index contributed by atoms with van der Waals surface area (Å²) in [6.07, 6.45) is 4.71. The highest BCUT2D eigenvalue weighted by Gasteiger charge is 2.23. The minimum Gasteiger partial charge on any atom is -0.492 e. The Bertz CT molecular complexity index is 890. The lowest BCUT2D eigenvalue weighted by Crippen LogP contribution is -2.29. The summed E-state index contributed by atoms with van der Waals surface area (Å²) in [6.45, 7) is 1.43. The van der Waals surface area contributed by atoms with Crippen LogP contribution in [0, 0.1) is 0 Å². The van der Waals surface area contributed by atoms with Gasteiger partial charge >= 0.3 is 0 Å². The molecular weight excluding hydrogens is 368 g/mol.